The molecular weight excluding hydrogens is 244 g/mol. The minimum absolute atomic E-state index is 0.101. The fraction of sp³-hybridized carbons (Fsp3) is 0.714. The highest BCUT2D eigenvalue weighted by Crippen LogP contribution is 2.38. The van der Waals surface area contributed by atoms with E-state index in [-0.39, 0.29) is 11.6 Å². The smallest absolute Gasteiger partial charge is 0.0850 e. The van der Waals surface area contributed by atoms with Crippen molar-refractivity contribution in [3.63, 3.8) is 0 Å². The van der Waals surface area contributed by atoms with Gasteiger partial charge in [-0.3, -0.25) is 11.3 Å². The van der Waals surface area contributed by atoms with Crippen molar-refractivity contribution in [2.45, 2.75) is 50.7 Å². The number of hydrogen-bond acceptors (Lipinski definition) is 4. The van der Waals surface area contributed by atoms with E-state index in [0.29, 0.717) is 0 Å². The number of rotatable bonds is 5. The van der Waals surface area contributed by atoms with Gasteiger partial charge in [-0.05, 0) is 30.2 Å². The van der Waals surface area contributed by atoms with Gasteiger partial charge < -0.3 is 4.74 Å². The summed E-state index contributed by atoms with van der Waals surface area (Å²) in [6.07, 6.45) is 5.70. The first kappa shape index (κ1) is 14.0. The third kappa shape index (κ3) is 2.94. The predicted molar refractivity (Wildman–Crippen MR) is 76.5 cm³/mol. The number of nitrogens with two attached hydrogens (primary N) is 1. The SMILES string of the molecule is COC1(C(Cc2cccs2)NN)CCCC(C)C1. The van der Waals surface area contributed by atoms with Gasteiger partial charge in [0.05, 0.1) is 11.6 Å². The Morgan fingerprint density at radius 1 is 1.67 bits per heavy atom. The van der Waals surface area contributed by atoms with E-state index in [0.717, 1.165) is 25.2 Å². The zero-order valence-electron chi connectivity index (χ0n) is 11.3. The van der Waals surface area contributed by atoms with Gasteiger partial charge >= 0.3 is 0 Å². The maximum Gasteiger partial charge on any atom is 0.0850 e. The minimum atomic E-state index is -0.101. The zero-order valence-corrected chi connectivity index (χ0v) is 12.1. The quantitative estimate of drug-likeness (QED) is 0.637. The first-order valence-corrected chi connectivity index (χ1v) is 7.62. The third-order valence-electron chi connectivity index (χ3n) is 4.22. The molecule has 0 amide bonds. The van der Waals surface area contributed by atoms with Gasteiger partial charge in [0.15, 0.2) is 0 Å². The Bertz CT molecular complexity index is 355. The fourth-order valence-electron chi connectivity index (χ4n) is 3.21. The second-order valence-electron chi connectivity index (χ2n) is 5.47. The van der Waals surface area contributed by atoms with Gasteiger partial charge in [-0.25, -0.2) is 0 Å². The van der Waals surface area contributed by atoms with Crippen LogP contribution >= 0.6 is 11.3 Å². The molecule has 0 saturated heterocycles. The average molecular weight is 268 g/mol. The molecule has 0 bridgehead atoms. The van der Waals surface area contributed by atoms with Crippen molar-refractivity contribution in [2.24, 2.45) is 11.8 Å². The fourth-order valence-corrected chi connectivity index (χ4v) is 3.97. The highest BCUT2D eigenvalue weighted by Gasteiger charge is 2.41. The first-order chi connectivity index (χ1) is 8.70. The van der Waals surface area contributed by atoms with Crippen molar-refractivity contribution in [1.82, 2.24) is 5.43 Å². The Balaban J connectivity index is 2.12. The molecule has 2 rings (SSSR count). The molecule has 4 heteroatoms. The molecule has 3 nitrogen and oxygen atoms in total. The van der Waals surface area contributed by atoms with Gasteiger partial charge in [0.1, 0.15) is 0 Å². The molecule has 3 atom stereocenters. The third-order valence-corrected chi connectivity index (χ3v) is 5.12. The molecule has 0 radical (unpaired) electrons. The lowest BCUT2D eigenvalue weighted by Gasteiger charge is -2.44. The number of methoxy groups -OCH3 is 1. The highest BCUT2D eigenvalue weighted by atomic mass is 32.1. The van der Waals surface area contributed by atoms with Gasteiger partial charge in [-0.1, -0.05) is 25.8 Å². The summed E-state index contributed by atoms with van der Waals surface area (Å²) < 4.78 is 5.91. The Labute approximate surface area is 114 Å². The highest BCUT2D eigenvalue weighted by molar-refractivity contribution is 7.09. The summed E-state index contributed by atoms with van der Waals surface area (Å²) >= 11 is 1.79. The van der Waals surface area contributed by atoms with Crippen LogP contribution in [0.2, 0.25) is 0 Å². The number of hydrazine groups is 1. The monoisotopic (exact) mass is 268 g/mol. The molecule has 3 unspecified atom stereocenters. The Hall–Kier alpha value is -0.420. The van der Waals surface area contributed by atoms with E-state index in [9.17, 15) is 0 Å². The van der Waals surface area contributed by atoms with Crippen LogP contribution in [-0.4, -0.2) is 18.8 Å². The number of thiophene rings is 1. The molecule has 1 fully saturated rings. The van der Waals surface area contributed by atoms with E-state index in [4.69, 9.17) is 10.6 Å². The van der Waals surface area contributed by atoms with Crippen molar-refractivity contribution in [2.75, 3.05) is 7.11 Å². The molecule has 1 aliphatic rings. The summed E-state index contributed by atoms with van der Waals surface area (Å²) in [7, 11) is 1.83. The minimum Gasteiger partial charge on any atom is -0.377 e. The molecule has 0 aromatic carbocycles. The van der Waals surface area contributed by atoms with Crippen LogP contribution in [0.4, 0.5) is 0 Å². The van der Waals surface area contributed by atoms with Crippen molar-refractivity contribution < 1.29 is 4.74 Å². The van der Waals surface area contributed by atoms with Crippen molar-refractivity contribution in [1.29, 1.82) is 0 Å². The summed E-state index contributed by atoms with van der Waals surface area (Å²) in [6.45, 7) is 2.31. The van der Waals surface area contributed by atoms with Crippen LogP contribution in [0.25, 0.3) is 0 Å². The standard InChI is InChI=1S/C14H24N2OS/c1-11-5-3-7-14(10-11,17-2)13(16-15)9-12-6-4-8-18-12/h4,6,8,11,13,16H,3,5,7,9-10,15H2,1-2H3. The van der Waals surface area contributed by atoms with Crippen LogP contribution in [-0.2, 0) is 11.2 Å². The van der Waals surface area contributed by atoms with Crippen molar-refractivity contribution in [3.8, 4) is 0 Å². The molecule has 1 aliphatic carbocycles. The topological polar surface area (TPSA) is 47.3 Å². The summed E-state index contributed by atoms with van der Waals surface area (Å²) in [5, 5.41) is 2.12. The normalized spacial score (nSPS) is 30.3. The van der Waals surface area contributed by atoms with E-state index in [1.54, 1.807) is 11.3 Å². The second-order valence-corrected chi connectivity index (χ2v) is 6.51. The van der Waals surface area contributed by atoms with Crippen LogP contribution in [0.3, 0.4) is 0 Å². The van der Waals surface area contributed by atoms with E-state index in [2.05, 4.69) is 29.9 Å². The van der Waals surface area contributed by atoms with E-state index >= 15 is 0 Å². The van der Waals surface area contributed by atoms with E-state index < -0.39 is 0 Å². The predicted octanol–water partition coefficient (Wildman–Crippen LogP) is 2.72. The van der Waals surface area contributed by atoms with Gasteiger partial charge in [-0.15, -0.1) is 11.3 Å². The second kappa shape index (κ2) is 6.15. The maximum absolute atomic E-state index is 5.91. The number of ether oxygens (including phenoxy) is 1. The lowest BCUT2D eigenvalue weighted by Crippen LogP contribution is -2.57. The van der Waals surface area contributed by atoms with Gasteiger partial charge in [-0.2, -0.15) is 0 Å². The van der Waals surface area contributed by atoms with Crippen LogP contribution in [0.5, 0.6) is 0 Å². The van der Waals surface area contributed by atoms with E-state index in [1.807, 2.05) is 7.11 Å². The Morgan fingerprint density at radius 2 is 2.50 bits per heavy atom. The average Bonchev–Trinajstić information content (AvgIpc) is 2.88. The van der Waals surface area contributed by atoms with Crippen LogP contribution < -0.4 is 11.3 Å². The number of nitrogens with one attached hydrogen (secondary N) is 1. The van der Waals surface area contributed by atoms with Crippen LogP contribution in [0.1, 0.15) is 37.5 Å². The summed E-state index contributed by atoms with van der Waals surface area (Å²) in [6, 6.07) is 4.46. The van der Waals surface area contributed by atoms with Crippen LogP contribution in [0.15, 0.2) is 17.5 Å². The summed E-state index contributed by atoms with van der Waals surface area (Å²) in [5.74, 6) is 6.52. The molecule has 1 aromatic rings. The molecule has 1 saturated carbocycles. The Kier molecular flexibility index (Phi) is 4.78. The first-order valence-electron chi connectivity index (χ1n) is 6.74. The van der Waals surface area contributed by atoms with Gasteiger partial charge in [0.2, 0.25) is 0 Å². The maximum atomic E-state index is 5.91. The van der Waals surface area contributed by atoms with Crippen molar-refractivity contribution in [3.05, 3.63) is 22.4 Å². The van der Waals surface area contributed by atoms with E-state index in [1.165, 1.54) is 17.7 Å². The lowest BCUT2D eigenvalue weighted by atomic mass is 9.73. The van der Waals surface area contributed by atoms with Gasteiger partial charge in [0.25, 0.3) is 0 Å². The molecule has 1 heterocycles. The number of hydrogen-bond donors (Lipinski definition) is 2. The molecule has 0 spiro atoms. The summed E-state index contributed by atoms with van der Waals surface area (Å²) in [5.41, 5.74) is 2.90. The zero-order chi connectivity index (χ0) is 13.0. The molecular formula is C14H24N2OS. The molecule has 18 heavy (non-hydrogen) atoms. The van der Waals surface area contributed by atoms with Crippen molar-refractivity contribution >= 4 is 11.3 Å². The Morgan fingerprint density at radius 3 is 3.06 bits per heavy atom. The molecule has 1 aromatic heterocycles. The largest absolute Gasteiger partial charge is 0.377 e. The van der Waals surface area contributed by atoms with Gasteiger partial charge in [0, 0.05) is 18.4 Å². The molecule has 0 aliphatic heterocycles. The van der Waals surface area contributed by atoms with Crippen LogP contribution in [0, 0.1) is 5.92 Å². The lowest BCUT2D eigenvalue weighted by molar-refractivity contribution is -0.0789. The molecule has 3 N–H and O–H groups in total. The summed E-state index contributed by atoms with van der Waals surface area (Å²) in [4.78, 5) is 1.37. The molecule has 102 valence electrons.